The number of hydrogen-bond acceptors (Lipinski definition) is 5. The first-order valence-corrected chi connectivity index (χ1v) is 9.62. The number of amides is 1. The van der Waals surface area contributed by atoms with E-state index in [4.69, 9.17) is 0 Å². The molecule has 4 rings (SSSR count). The van der Waals surface area contributed by atoms with Crippen molar-refractivity contribution in [3.63, 3.8) is 0 Å². The van der Waals surface area contributed by atoms with Gasteiger partial charge in [0.05, 0.1) is 5.71 Å². The number of hydrogen-bond donors (Lipinski definition) is 2. The lowest BCUT2D eigenvalue weighted by molar-refractivity contribution is -0.115. The summed E-state index contributed by atoms with van der Waals surface area (Å²) in [6.07, 6.45) is 3.58. The third kappa shape index (κ3) is 3.74. The molecule has 0 bridgehead atoms. The second-order valence-electron chi connectivity index (χ2n) is 7.29. The molecule has 0 saturated carbocycles. The molecule has 29 heavy (non-hydrogen) atoms. The van der Waals surface area contributed by atoms with Crippen LogP contribution < -0.4 is 10.6 Å². The van der Waals surface area contributed by atoms with Gasteiger partial charge in [0.25, 0.3) is 0 Å². The topological polar surface area (TPSA) is 79.3 Å². The summed E-state index contributed by atoms with van der Waals surface area (Å²) in [5.74, 6) is 0.125. The van der Waals surface area contributed by atoms with Crippen LogP contribution in [0.2, 0.25) is 0 Å². The van der Waals surface area contributed by atoms with Gasteiger partial charge < -0.3 is 10.6 Å². The predicted molar refractivity (Wildman–Crippen MR) is 117 cm³/mol. The third-order valence-electron chi connectivity index (χ3n) is 4.87. The molecule has 2 aromatic carbocycles. The lowest BCUT2D eigenvalue weighted by Gasteiger charge is -2.13. The molecule has 1 aliphatic rings. The highest BCUT2D eigenvalue weighted by molar-refractivity contribution is 6.23. The summed E-state index contributed by atoms with van der Waals surface area (Å²) in [6.45, 7) is 4.08. The largest absolute Gasteiger partial charge is 0.352 e. The van der Waals surface area contributed by atoms with Gasteiger partial charge in [0.1, 0.15) is 5.92 Å². The molecule has 0 spiro atoms. The highest BCUT2D eigenvalue weighted by atomic mass is 16.2. The second kappa shape index (κ2) is 7.83. The summed E-state index contributed by atoms with van der Waals surface area (Å²) in [5, 5.41) is 6.19. The van der Waals surface area contributed by atoms with E-state index >= 15 is 0 Å². The minimum Gasteiger partial charge on any atom is -0.352 e. The van der Waals surface area contributed by atoms with Crippen LogP contribution in [0.4, 0.5) is 11.6 Å². The molecule has 6 heteroatoms. The van der Waals surface area contributed by atoms with Crippen LogP contribution >= 0.6 is 0 Å². The first-order valence-electron chi connectivity index (χ1n) is 9.62. The number of fused-ring (bicyclic) bond motifs is 1. The maximum Gasteiger partial charge on any atom is 0.238 e. The van der Waals surface area contributed by atoms with E-state index in [1.807, 2.05) is 62.4 Å². The quantitative estimate of drug-likeness (QED) is 0.648. The SMILES string of the molecule is CN=C(c1ccccc1)C1C(=O)Nc2cc(-c3cnc(NC(C)C)nc3)ccc21. The van der Waals surface area contributed by atoms with Gasteiger partial charge >= 0.3 is 0 Å². The molecular formula is C23H23N5O. The number of nitrogens with zero attached hydrogens (tertiary/aromatic N) is 3. The van der Waals surface area contributed by atoms with Crippen molar-refractivity contribution < 1.29 is 4.79 Å². The predicted octanol–water partition coefficient (Wildman–Crippen LogP) is 4.12. The standard InChI is InChI=1S/C23H23N5O/c1-14(2)27-23-25-12-17(13-26-23)16-9-10-18-19(11-16)28-22(29)20(18)21(24-3)15-7-5-4-6-8-15/h4-14,20H,1-3H3,(H,28,29)(H,25,26,27). The normalized spacial score (nSPS) is 15.9. The van der Waals surface area contributed by atoms with Crippen molar-refractivity contribution in [1.29, 1.82) is 0 Å². The van der Waals surface area contributed by atoms with Crippen molar-refractivity contribution in [1.82, 2.24) is 9.97 Å². The zero-order valence-electron chi connectivity index (χ0n) is 16.7. The van der Waals surface area contributed by atoms with Gasteiger partial charge in [-0.1, -0.05) is 42.5 Å². The number of carbonyl (C=O) groups excluding carboxylic acids is 1. The van der Waals surface area contributed by atoms with Gasteiger partial charge in [-0.05, 0) is 36.6 Å². The molecule has 0 saturated heterocycles. The highest BCUT2D eigenvalue weighted by Gasteiger charge is 2.35. The minimum atomic E-state index is -0.416. The molecule has 3 aromatic rings. The smallest absolute Gasteiger partial charge is 0.238 e. The zero-order chi connectivity index (χ0) is 20.4. The molecule has 1 unspecified atom stereocenters. The summed E-state index contributed by atoms with van der Waals surface area (Å²) in [6, 6.07) is 16.0. The Labute approximate surface area is 170 Å². The van der Waals surface area contributed by atoms with Crippen LogP contribution in [-0.2, 0) is 4.79 Å². The summed E-state index contributed by atoms with van der Waals surface area (Å²) in [7, 11) is 1.73. The Morgan fingerprint density at radius 2 is 1.79 bits per heavy atom. The Morgan fingerprint density at radius 1 is 1.07 bits per heavy atom. The third-order valence-corrected chi connectivity index (χ3v) is 4.87. The maximum atomic E-state index is 12.8. The number of nitrogens with one attached hydrogen (secondary N) is 2. The number of aliphatic imine (C=N–C) groups is 1. The van der Waals surface area contributed by atoms with Crippen LogP contribution in [0.5, 0.6) is 0 Å². The molecule has 0 fully saturated rings. The monoisotopic (exact) mass is 385 g/mol. The van der Waals surface area contributed by atoms with E-state index in [1.54, 1.807) is 19.4 Å². The molecule has 0 aliphatic carbocycles. The van der Waals surface area contributed by atoms with E-state index in [9.17, 15) is 4.79 Å². The summed E-state index contributed by atoms with van der Waals surface area (Å²) in [4.78, 5) is 25.9. The average Bonchev–Trinajstić information content (AvgIpc) is 3.05. The minimum absolute atomic E-state index is 0.0608. The average molecular weight is 385 g/mol. The van der Waals surface area contributed by atoms with Crippen LogP contribution in [0.15, 0.2) is 65.9 Å². The van der Waals surface area contributed by atoms with Crippen molar-refractivity contribution >= 4 is 23.3 Å². The lowest BCUT2D eigenvalue weighted by Crippen LogP contribution is -2.21. The number of rotatable bonds is 5. The summed E-state index contributed by atoms with van der Waals surface area (Å²) < 4.78 is 0. The summed E-state index contributed by atoms with van der Waals surface area (Å²) in [5.41, 5.74) is 5.31. The molecular weight excluding hydrogens is 362 g/mol. The Morgan fingerprint density at radius 3 is 2.45 bits per heavy atom. The van der Waals surface area contributed by atoms with E-state index < -0.39 is 5.92 Å². The van der Waals surface area contributed by atoms with Gasteiger partial charge in [-0.15, -0.1) is 0 Å². The second-order valence-corrected chi connectivity index (χ2v) is 7.29. The van der Waals surface area contributed by atoms with Crippen LogP contribution in [0, 0.1) is 0 Å². The summed E-state index contributed by atoms with van der Waals surface area (Å²) >= 11 is 0. The van der Waals surface area contributed by atoms with Crippen LogP contribution in [0.25, 0.3) is 11.1 Å². The van der Waals surface area contributed by atoms with Gasteiger partial charge in [-0.2, -0.15) is 0 Å². The molecule has 1 amide bonds. The number of carbonyl (C=O) groups is 1. The van der Waals surface area contributed by atoms with Gasteiger partial charge in [-0.3, -0.25) is 9.79 Å². The van der Waals surface area contributed by atoms with Crippen LogP contribution in [0.3, 0.4) is 0 Å². The van der Waals surface area contributed by atoms with Crippen molar-refractivity contribution in [2.45, 2.75) is 25.8 Å². The van der Waals surface area contributed by atoms with E-state index in [-0.39, 0.29) is 11.9 Å². The Balaban J connectivity index is 1.65. The number of anilines is 2. The molecule has 1 aromatic heterocycles. The lowest BCUT2D eigenvalue weighted by atomic mass is 9.90. The molecule has 2 N–H and O–H groups in total. The van der Waals surface area contributed by atoms with E-state index in [0.717, 1.165) is 33.7 Å². The Bertz CT molecular complexity index is 1060. The fraction of sp³-hybridized carbons (Fsp3) is 0.217. The maximum absolute atomic E-state index is 12.8. The van der Waals surface area contributed by atoms with E-state index in [2.05, 4.69) is 25.6 Å². The number of aromatic nitrogens is 2. The molecule has 146 valence electrons. The molecule has 0 radical (unpaired) electrons. The van der Waals surface area contributed by atoms with Crippen molar-refractivity contribution in [3.05, 3.63) is 72.1 Å². The van der Waals surface area contributed by atoms with E-state index in [1.165, 1.54) is 0 Å². The van der Waals surface area contributed by atoms with Crippen molar-refractivity contribution in [2.75, 3.05) is 17.7 Å². The molecule has 1 atom stereocenters. The van der Waals surface area contributed by atoms with Crippen molar-refractivity contribution in [3.8, 4) is 11.1 Å². The number of benzene rings is 2. The Hall–Kier alpha value is -3.54. The fourth-order valence-electron chi connectivity index (χ4n) is 3.56. The first kappa shape index (κ1) is 18.8. The van der Waals surface area contributed by atoms with Crippen LogP contribution in [0.1, 0.15) is 30.9 Å². The van der Waals surface area contributed by atoms with Gasteiger partial charge in [0.15, 0.2) is 0 Å². The molecule has 2 heterocycles. The van der Waals surface area contributed by atoms with Gasteiger partial charge in [-0.25, -0.2) is 9.97 Å². The Kier molecular flexibility index (Phi) is 5.08. The van der Waals surface area contributed by atoms with Gasteiger partial charge in [0, 0.05) is 36.7 Å². The fourth-order valence-corrected chi connectivity index (χ4v) is 3.56. The van der Waals surface area contributed by atoms with Gasteiger partial charge in [0.2, 0.25) is 11.9 Å². The van der Waals surface area contributed by atoms with Crippen LogP contribution in [-0.4, -0.2) is 34.7 Å². The zero-order valence-corrected chi connectivity index (χ0v) is 16.7. The molecule has 6 nitrogen and oxygen atoms in total. The van der Waals surface area contributed by atoms with E-state index in [0.29, 0.717) is 5.95 Å². The van der Waals surface area contributed by atoms with Crippen molar-refractivity contribution in [2.24, 2.45) is 4.99 Å². The highest BCUT2D eigenvalue weighted by Crippen LogP contribution is 2.37. The first-order chi connectivity index (χ1) is 14.1. The molecule has 1 aliphatic heterocycles.